The highest BCUT2D eigenvalue weighted by Gasteiger charge is 2.53. The van der Waals surface area contributed by atoms with Gasteiger partial charge in [0, 0.05) is 11.8 Å². The zero-order valence-electron chi connectivity index (χ0n) is 9.80. The van der Waals surface area contributed by atoms with Crippen molar-refractivity contribution >= 4 is 5.78 Å². The summed E-state index contributed by atoms with van der Waals surface area (Å²) in [5.41, 5.74) is 0.0957. The van der Waals surface area contributed by atoms with E-state index in [1.807, 2.05) is 0 Å². The molecule has 0 saturated heterocycles. The lowest BCUT2D eigenvalue weighted by Gasteiger charge is -2.47. The van der Waals surface area contributed by atoms with Crippen LogP contribution in [0.1, 0.15) is 58.3 Å². The van der Waals surface area contributed by atoms with E-state index in [0.29, 0.717) is 5.78 Å². The van der Waals surface area contributed by atoms with E-state index >= 15 is 0 Å². The van der Waals surface area contributed by atoms with Crippen molar-refractivity contribution in [3.63, 3.8) is 0 Å². The molecule has 0 bridgehead atoms. The second kappa shape index (κ2) is 3.33. The third kappa shape index (κ3) is 1.31. The minimum atomic E-state index is 0.0957. The highest BCUT2D eigenvalue weighted by Crippen LogP contribution is 2.57. The molecule has 4 atom stereocenters. The largest absolute Gasteiger partial charge is 0.299 e. The summed E-state index contributed by atoms with van der Waals surface area (Å²) in [4.78, 5) is 12.0. The summed E-state index contributed by atoms with van der Waals surface area (Å²) >= 11 is 0. The van der Waals surface area contributed by atoms with E-state index in [1.54, 1.807) is 0 Å². The third-order valence-corrected chi connectivity index (χ3v) is 5.66. The number of hydrogen-bond acceptors (Lipinski definition) is 1. The van der Waals surface area contributed by atoms with Crippen molar-refractivity contribution in [2.45, 2.75) is 58.3 Å². The first kappa shape index (κ1) is 9.86. The molecule has 0 aliphatic heterocycles. The molecule has 0 unspecified atom stereocenters. The molecule has 0 radical (unpaired) electrons. The van der Waals surface area contributed by atoms with Gasteiger partial charge < -0.3 is 0 Å². The van der Waals surface area contributed by atoms with Gasteiger partial charge in [-0.2, -0.15) is 0 Å². The molecule has 3 fully saturated rings. The number of carbonyl (C=O) groups excluding carboxylic acids is 1. The van der Waals surface area contributed by atoms with E-state index in [0.717, 1.165) is 24.2 Å². The van der Waals surface area contributed by atoms with Crippen LogP contribution >= 0.6 is 0 Å². The van der Waals surface area contributed by atoms with Gasteiger partial charge in [0.05, 0.1) is 0 Å². The molecule has 3 saturated carbocycles. The van der Waals surface area contributed by atoms with Crippen LogP contribution in [0.25, 0.3) is 0 Å². The lowest BCUT2D eigenvalue weighted by molar-refractivity contribution is -0.130. The predicted octanol–water partition coefficient (Wildman–Crippen LogP) is 3.57. The fraction of sp³-hybridized carbons (Fsp3) is 0.929. The Hall–Kier alpha value is -0.330. The van der Waals surface area contributed by atoms with Crippen LogP contribution in [0.3, 0.4) is 0 Å². The number of carbonyl (C=O) groups is 1. The van der Waals surface area contributed by atoms with E-state index in [4.69, 9.17) is 0 Å². The lowest BCUT2D eigenvalue weighted by atomic mass is 9.57. The number of Topliss-reactive ketones (excluding diaryl/α,β-unsaturated/α-hetero) is 1. The normalized spacial score (nSPS) is 49.9. The number of rotatable bonds is 0. The van der Waals surface area contributed by atoms with Crippen LogP contribution in [0.4, 0.5) is 0 Å². The Labute approximate surface area is 92.6 Å². The molecule has 0 heterocycles. The molecule has 0 aromatic rings. The number of ketones is 1. The van der Waals surface area contributed by atoms with E-state index in [-0.39, 0.29) is 5.41 Å². The molecule has 84 valence electrons. The first-order valence-electron chi connectivity index (χ1n) is 6.75. The van der Waals surface area contributed by atoms with E-state index < -0.39 is 0 Å². The average Bonchev–Trinajstić information content (AvgIpc) is 2.56. The number of hydrogen-bond donors (Lipinski definition) is 0. The maximum atomic E-state index is 12.0. The van der Waals surface area contributed by atoms with Crippen molar-refractivity contribution in [2.75, 3.05) is 0 Å². The molecule has 1 nitrogen and oxygen atoms in total. The summed E-state index contributed by atoms with van der Waals surface area (Å²) < 4.78 is 0. The van der Waals surface area contributed by atoms with Crippen molar-refractivity contribution in [3.8, 4) is 0 Å². The van der Waals surface area contributed by atoms with Gasteiger partial charge in [-0.1, -0.05) is 26.2 Å². The summed E-state index contributed by atoms with van der Waals surface area (Å²) in [5, 5.41) is 0. The molecule has 0 N–H and O–H groups in total. The third-order valence-electron chi connectivity index (χ3n) is 5.66. The van der Waals surface area contributed by atoms with Gasteiger partial charge in [-0.15, -0.1) is 0 Å². The predicted molar refractivity (Wildman–Crippen MR) is 60.5 cm³/mol. The highest BCUT2D eigenvalue weighted by molar-refractivity contribution is 5.87. The number of fused-ring (bicyclic) bond motifs is 3. The fourth-order valence-corrected chi connectivity index (χ4v) is 4.72. The second-order valence-electron chi connectivity index (χ2n) is 6.23. The Morgan fingerprint density at radius 3 is 2.80 bits per heavy atom. The quantitative estimate of drug-likeness (QED) is 0.592. The summed E-state index contributed by atoms with van der Waals surface area (Å²) in [6, 6.07) is 0. The highest BCUT2D eigenvalue weighted by atomic mass is 16.1. The Bertz CT molecular complexity index is 283. The van der Waals surface area contributed by atoms with Crippen LogP contribution in [-0.4, -0.2) is 5.78 Å². The molecule has 0 amide bonds. The molecule has 15 heavy (non-hydrogen) atoms. The standard InChI is InChI=1S/C14H22O/c1-14-9-8-10-4-2-3-5-11(10)12(14)6-7-13(14)15/h10-12H,2-9H2,1H3/t10-,11+,12-,14-/m0/s1. The van der Waals surface area contributed by atoms with Gasteiger partial charge in [0.2, 0.25) is 0 Å². The second-order valence-corrected chi connectivity index (χ2v) is 6.23. The van der Waals surface area contributed by atoms with Crippen molar-refractivity contribution in [2.24, 2.45) is 23.2 Å². The topological polar surface area (TPSA) is 17.1 Å². The minimum Gasteiger partial charge on any atom is -0.299 e. The molecule has 1 heteroatoms. The van der Waals surface area contributed by atoms with Crippen molar-refractivity contribution in [1.82, 2.24) is 0 Å². The summed E-state index contributed by atoms with van der Waals surface area (Å²) in [7, 11) is 0. The molecule has 0 aromatic carbocycles. The van der Waals surface area contributed by atoms with Gasteiger partial charge in [0.1, 0.15) is 5.78 Å². The summed E-state index contributed by atoms with van der Waals surface area (Å²) in [6.45, 7) is 2.26. The minimum absolute atomic E-state index is 0.0957. The maximum Gasteiger partial charge on any atom is 0.139 e. The van der Waals surface area contributed by atoms with E-state index in [2.05, 4.69) is 6.92 Å². The van der Waals surface area contributed by atoms with Gasteiger partial charge in [-0.3, -0.25) is 4.79 Å². The van der Waals surface area contributed by atoms with Gasteiger partial charge >= 0.3 is 0 Å². The zero-order chi connectivity index (χ0) is 10.5. The van der Waals surface area contributed by atoms with Gasteiger partial charge in [-0.05, 0) is 43.4 Å². The van der Waals surface area contributed by atoms with Crippen molar-refractivity contribution < 1.29 is 4.79 Å². The maximum absolute atomic E-state index is 12.0. The monoisotopic (exact) mass is 206 g/mol. The van der Waals surface area contributed by atoms with Crippen LogP contribution in [0, 0.1) is 23.2 Å². The molecule has 0 aromatic heterocycles. The van der Waals surface area contributed by atoms with Gasteiger partial charge in [-0.25, -0.2) is 0 Å². The zero-order valence-corrected chi connectivity index (χ0v) is 9.80. The average molecular weight is 206 g/mol. The van der Waals surface area contributed by atoms with Crippen LogP contribution < -0.4 is 0 Å². The SMILES string of the molecule is C[C@]12CC[C@@H]3CCCC[C@H]3[C@@H]1CCC2=O. The molecular formula is C14H22O. The molecule has 3 aliphatic carbocycles. The first-order valence-corrected chi connectivity index (χ1v) is 6.75. The van der Waals surface area contributed by atoms with Crippen LogP contribution in [0.15, 0.2) is 0 Å². The van der Waals surface area contributed by atoms with Crippen molar-refractivity contribution in [1.29, 1.82) is 0 Å². The van der Waals surface area contributed by atoms with Gasteiger partial charge in [0.15, 0.2) is 0 Å². The lowest BCUT2D eigenvalue weighted by Crippen LogP contribution is -2.42. The molecule has 3 rings (SSSR count). The van der Waals surface area contributed by atoms with Crippen LogP contribution in [-0.2, 0) is 4.79 Å². The molecule has 0 spiro atoms. The van der Waals surface area contributed by atoms with Crippen LogP contribution in [0.5, 0.6) is 0 Å². The summed E-state index contributed by atoms with van der Waals surface area (Å²) in [6.07, 6.45) is 10.3. The van der Waals surface area contributed by atoms with E-state index in [9.17, 15) is 4.79 Å². The Morgan fingerprint density at radius 2 is 1.93 bits per heavy atom. The Kier molecular flexibility index (Phi) is 2.19. The first-order chi connectivity index (χ1) is 7.22. The summed E-state index contributed by atoms with van der Waals surface area (Å²) in [5.74, 6) is 3.22. The van der Waals surface area contributed by atoms with E-state index in [1.165, 1.54) is 44.9 Å². The Morgan fingerprint density at radius 1 is 1.13 bits per heavy atom. The smallest absolute Gasteiger partial charge is 0.139 e. The fourth-order valence-electron chi connectivity index (χ4n) is 4.72. The molecular weight excluding hydrogens is 184 g/mol. The molecule has 3 aliphatic rings. The van der Waals surface area contributed by atoms with Crippen molar-refractivity contribution in [3.05, 3.63) is 0 Å². The van der Waals surface area contributed by atoms with Crippen LogP contribution in [0.2, 0.25) is 0 Å². The van der Waals surface area contributed by atoms with Gasteiger partial charge in [0.25, 0.3) is 0 Å². The Balaban J connectivity index is 1.88.